The Morgan fingerprint density at radius 3 is 2.50 bits per heavy atom. The minimum Gasteiger partial charge on any atom is -0.271 e. The predicted octanol–water partition coefficient (Wildman–Crippen LogP) is 1.89. The van der Waals surface area contributed by atoms with Crippen molar-refractivity contribution in [2.45, 2.75) is 13.0 Å². The number of fused-ring (bicyclic) bond motifs is 1. The molecule has 1 aromatic carbocycles. The Bertz CT molecular complexity index is 724. The van der Waals surface area contributed by atoms with Gasteiger partial charge in [-0.2, -0.15) is 0 Å². The second kappa shape index (κ2) is 5.32. The van der Waals surface area contributed by atoms with Gasteiger partial charge < -0.3 is 0 Å². The van der Waals surface area contributed by atoms with Crippen molar-refractivity contribution in [3.63, 3.8) is 0 Å². The molecule has 0 saturated heterocycles. The van der Waals surface area contributed by atoms with Gasteiger partial charge in [0.05, 0.1) is 29.0 Å². The molecule has 2 heterocycles. The number of aromatic nitrogens is 3. The normalized spacial score (nSPS) is 12.5. The van der Waals surface area contributed by atoms with Gasteiger partial charge in [-0.1, -0.05) is 18.2 Å². The Morgan fingerprint density at radius 2 is 1.80 bits per heavy atom. The largest absolute Gasteiger partial charge is 0.271 e. The summed E-state index contributed by atoms with van der Waals surface area (Å²) in [4.78, 5) is 13.3. The van der Waals surface area contributed by atoms with Gasteiger partial charge in [0.15, 0.2) is 0 Å². The van der Waals surface area contributed by atoms with E-state index >= 15 is 0 Å². The number of para-hydroxylation sites is 2. The van der Waals surface area contributed by atoms with E-state index in [9.17, 15) is 0 Å². The summed E-state index contributed by atoms with van der Waals surface area (Å²) < 4.78 is 0. The first-order valence-electron chi connectivity index (χ1n) is 6.38. The van der Waals surface area contributed by atoms with E-state index in [-0.39, 0.29) is 6.04 Å². The lowest BCUT2D eigenvalue weighted by Gasteiger charge is -2.15. The third kappa shape index (κ3) is 2.36. The van der Waals surface area contributed by atoms with Crippen molar-refractivity contribution < 1.29 is 0 Å². The molecule has 3 N–H and O–H groups in total. The molecule has 100 valence electrons. The molecular formula is C15H15N5. The molecule has 0 aliphatic carbocycles. The van der Waals surface area contributed by atoms with Gasteiger partial charge in [-0.25, -0.2) is 10.4 Å². The summed E-state index contributed by atoms with van der Waals surface area (Å²) in [7, 11) is 0. The predicted molar refractivity (Wildman–Crippen MR) is 77.7 cm³/mol. The number of rotatable bonds is 3. The summed E-state index contributed by atoms with van der Waals surface area (Å²) in [6.45, 7) is 1.95. The van der Waals surface area contributed by atoms with Crippen LogP contribution in [-0.2, 0) is 0 Å². The number of hydrazine groups is 1. The Balaban J connectivity index is 2.04. The van der Waals surface area contributed by atoms with Gasteiger partial charge in [0.25, 0.3) is 0 Å². The molecule has 0 aliphatic rings. The van der Waals surface area contributed by atoms with Crippen LogP contribution in [0.2, 0.25) is 0 Å². The topological polar surface area (TPSA) is 76.7 Å². The molecule has 0 radical (unpaired) electrons. The number of nitrogens with one attached hydrogen (secondary N) is 1. The van der Waals surface area contributed by atoms with E-state index in [0.717, 1.165) is 28.0 Å². The maximum absolute atomic E-state index is 5.67. The highest BCUT2D eigenvalue weighted by molar-refractivity contribution is 5.73. The molecule has 0 amide bonds. The Hall–Kier alpha value is -2.37. The standard InChI is InChI=1S/C15H15N5/c1-10-6-7-11(8-17-10)15(20-16)14-9-18-12-4-2-3-5-13(12)19-14/h2-9,15,20H,16H2,1H3. The van der Waals surface area contributed by atoms with Crippen LogP contribution in [0.1, 0.15) is 23.0 Å². The molecule has 0 spiro atoms. The number of hydrogen-bond donors (Lipinski definition) is 2. The van der Waals surface area contributed by atoms with E-state index in [4.69, 9.17) is 5.84 Å². The highest BCUT2D eigenvalue weighted by Gasteiger charge is 2.15. The molecule has 0 bridgehead atoms. The van der Waals surface area contributed by atoms with Crippen LogP contribution in [0.5, 0.6) is 0 Å². The molecule has 0 aliphatic heterocycles. The van der Waals surface area contributed by atoms with Crippen LogP contribution >= 0.6 is 0 Å². The van der Waals surface area contributed by atoms with Crippen molar-refractivity contribution in [2.75, 3.05) is 0 Å². The second-order valence-electron chi connectivity index (χ2n) is 4.62. The van der Waals surface area contributed by atoms with Crippen molar-refractivity contribution in [3.8, 4) is 0 Å². The number of hydrogen-bond acceptors (Lipinski definition) is 5. The van der Waals surface area contributed by atoms with Crippen molar-refractivity contribution >= 4 is 11.0 Å². The lowest BCUT2D eigenvalue weighted by atomic mass is 10.1. The minimum atomic E-state index is -0.222. The Morgan fingerprint density at radius 1 is 1.00 bits per heavy atom. The van der Waals surface area contributed by atoms with Gasteiger partial charge in [0.1, 0.15) is 0 Å². The first kappa shape index (κ1) is 12.7. The van der Waals surface area contributed by atoms with Crippen LogP contribution in [0.3, 0.4) is 0 Å². The maximum atomic E-state index is 5.67. The summed E-state index contributed by atoms with van der Waals surface area (Å²) in [5.41, 5.74) is 7.20. The average molecular weight is 265 g/mol. The molecule has 0 fully saturated rings. The van der Waals surface area contributed by atoms with Crippen molar-refractivity contribution in [1.29, 1.82) is 0 Å². The van der Waals surface area contributed by atoms with Crippen LogP contribution in [0.15, 0.2) is 48.8 Å². The molecule has 5 heteroatoms. The molecule has 2 aromatic heterocycles. The van der Waals surface area contributed by atoms with Crippen molar-refractivity contribution in [2.24, 2.45) is 5.84 Å². The minimum absolute atomic E-state index is 0.222. The summed E-state index contributed by atoms with van der Waals surface area (Å²) >= 11 is 0. The number of aryl methyl sites for hydroxylation is 1. The van der Waals surface area contributed by atoms with Gasteiger partial charge >= 0.3 is 0 Å². The zero-order valence-electron chi connectivity index (χ0n) is 11.1. The number of benzene rings is 1. The second-order valence-corrected chi connectivity index (χ2v) is 4.62. The highest BCUT2D eigenvalue weighted by Crippen LogP contribution is 2.20. The smallest absolute Gasteiger partial charge is 0.0912 e. The quantitative estimate of drug-likeness (QED) is 0.558. The van der Waals surface area contributed by atoms with E-state index in [1.54, 1.807) is 12.4 Å². The molecular weight excluding hydrogens is 250 g/mol. The van der Waals surface area contributed by atoms with Gasteiger partial charge in [-0.3, -0.25) is 15.8 Å². The van der Waals surface area contributed by atoms with Gasteiger partial charge in [0.2, 0.25) is 0 Å². The molecule has 3 rings (SSSR count). The fourth-order valence-corrected chi connectivity index (χ4v) is 2.11. The van der Waals surface area contributed by atoms with Gasteiger partial charge in [-0.05, 0) is 30.7 Å². The molecule has 20 heavy (non-hydrogen) atoms. The first-order valence-corrected chi connectivity index (χ1v) is 6.38. The van der Waals surface area contributed by atoms with Crippen molar-refractivity contribution in [1.82, 2.24) is 20.4 Å². The van der Waals surface area contributed by atoms with E-state index in [2.05, 4.69) is 20.4 Å². The lowest BCUT2D eigenvalue weighted by molar-refractivity contribution is 0.618. The molecule has 1 unspecified atom stereocenters. The lowest BCUT2D eigenvalue weighted by Crippen LogP contribution is -2.29. The summed E-state index contributed by atoms with van der Waals surface area (Å²) in [5.74, 6) is 5.67. The third-order valence-electron chi connectivity index (χ3n) is 3.20. The van der Waals surface area contributed by atoms with Gasteiger partial charge in [-0.15, -0.1) is 0 Å². The van der Waals surface area contributed by atoms with Gasteiger partial charge in [0, 0.05) is 11.9 Å². The fraction of sp³-hybridized carbons (Fsp3) is 0.133. The zero-order valence-corrected chi connectivity index (χ0v) is 11.1. The van der Waals surface area contributed by atoms with E-state index in [0.29, 0.717) is 0 Å². The number of nitrogens with zero attached hydrogens (tertiary/aromatic N) is 3. The molecule has 5 nitrogen and oxygen atoms in total. The van der Waals surface area contributed by atoms with E-state index in [1.165, 1.54) is 0 Å². The van der Waals surface area contributed by atoms with E-state index in [1.807, 2.05) is 43.3 Å². The number of nitrogens with two attached hydrogens (primary N) is 1. The monoisotopic (exact) mass is 265 g/mol. The van der Waals surface area contributed by atoms with Crippen LogP contribution in [0, 0.1) is 6.92 Å². The summed E-state index contributed by atoms with van der Waals surface area (Å²) in [5, 5.41) is 0. The number of pyridine rings is 1. The maximum Gasteiger partial charge on any atom is 0.0912 e. The van der Waals surface area contributed by atoms with E-state index < -0.39 is 0 Å². The Kier molecular flexibility index (Phi) is 3.37. The molecule has 3 aromatic rings. The van der Waals surface area contributed by atoms with Crippen LogP contribution < -0.4 is 11.3 Å². The average Bonchev–Trinajstić information content (AvgIpc) is 2.50. The van der Waals surface area contributed by atoms with Crippen molar-refractivity contribution in [3.05, 3.63) is 65.7 Å². The first-order chi connectivity index (χ1) is 9.78. The molecule has 0 saturated carbocycles. The van der Waals surface area contributed by atoms with Crippen LogP contribution in [0.4, 0.5) is 0 Å². The Labute approximate surface area is 116 Å². The third-order valence-corrected chi connectivity index (χ3v) is 3.20. The highest BCUT2D eigenvalue weighted by atomic mass is 15.2. The van der Waals surface area contributed by atoms with Crippen LogP contribution in [-0.4, -0.2) is 15.0 Å². The van der Waals surface area contributed by atoms with Crippen LogP contribution in [0.25, 0.3) is 11.0 Å². The zero-order chi connectivity index (χ0) is 13.9. The molecule has 1 atom stereocenters. The SMILES string of the molecule is Cc1ccc(C(NN)c2cnc3ccccc3n2)cn1. The summed E-state index contributed by atoms with van der Waals surface area (Å²) in [6, 6.07) is 11.5. The summed E-state index contributed by atoms with van der Waals surface area (Å²) in [6.07, 6.45) is 3.55. The fourth-order valence-electron chi connectivity index (χ4n) is 2.11.